The molecule has 6 nitrogen and oxygen atoms in total. The third kappa shape index (κ3) is 3.39. The largest absolute Gasteiger partial charge is 0.396 e. The molecular formula is C18H21N3O3. The van der Waals surface area contributed by atoms with Crippen LogP contribution in [0.5, 0.6) is 0 Å². The minimum atomic E-state index is -0.194. The fourth-order valence-electron chi connectivity index (χ4n) is 3.16. The summed E-state index contributed by atoms with van der Waals surface area (Å²) in [6, 6.07) is 11.6. The Hall–Kier alpha value is -2.44. The highest BCUT2D eigenvalue weighted by Gasteiger charge is 2.32. The first-order chi connectivity index (χ1) is 11.6. The van der Waals surface area contributed by atoms with Crippen molar-refractivity contribution in [3.63, 3.8) is 0 Å². The first-order valence-corrected chi connectivity index (χ1v) is 8.04. The topological polar surface area (TPSA) is 97.3 Å². The molecule has 1 aromatic carbocycles. The lowest BCUT2D eigenvalue weighted by Gasteiger charge is -2.17. The molecule has 1 aliphatic rings. The summed E-state index contributed by atoms with van der Waals surface area (Å²) in [6.07, 6.45) is 3.10. The van der Waals surface area contributed by atoms with Gasteiger partial charge in [0.2, 0.25) is 0 Å². The van der Waals surface area contributed by atoms with E-state index in [-0.39, 0.29) is 36.1 Å². The molecule has 3 atom stereocenters. The van der Waals surface area contributed by atoms with Crippen LogP contribution >= 0.6 is 0 Å². The number of carbonyl (C=O) groups is 1. The van der Waals surface area contributed by atoms with Gasteiger partial charge in [0, 0.05) is 42.2 Å². The van der Waals surface area contributed by atoms with Crippen LogP contribution in [-0.4, -0.2) is 34.3 Å². The summed E-state index contributed by atoms with van der Waals surface area (Å²) in [5, 5.41) is 12.2. The van der Waals surface area contributed by atoms with Crippen molar-refractivity contribution >= 4 is 5.91 Å². The fourth-order valence-corrected chi connectivity index (χ4v) is 3.16. The highest BCUT2D eigenvalue weighted by Crippen LogP contribution is 2.24. The molecule has 1 saturated carbocycles. The number of aromatic nitrogens is 1. The zero-order chi connectivity index (χ0) is 17.1. The highest BCUT2D eigenvalue weighted by molar-refractivity contribution is 5.94. The fraction of sp³-hybridized carbons (Fsp3) is 0.333. The molecule has 2 aromatic rings. The number of rotatable bonds is 4. The summed E-state index contributed by atoms with van der Waals surface area (Å²) in [4.78, 5) is 24.2. The van der Waals surface area contributed by atoms with E-state index in [1.807, 2.05) is 0 Å². The second kappa shape index (κ2) is 6.98. The Labute approximate surface area is 139 Å². The third-order valence-corrected chi connectivity index (χ3v) is 4.51. The van der Waals surface area contributed by atoms with Crippen LogP contribution in [0.25, 0.3) is 5.69 Å². The first-order valence-electron chi connectivity index (χ1n) is 8.04. The number of nitrogens with two attached hydrogens (primary N) is 1. The van der Waals surface area contributed by atoms with Crippen molar-refractivity contribution < 1.29 is 9.90 Å². The molecule has 0 radical (unpaired) electrons. The lowest BCUT2D eigenvalue weighted by Crippen LogP contribution is -2.43. The lowest BCUT2D eigenvalue weighted by molar-refractivity contribution is 0.0933. The number of hydrogen-bond donors (Lipinski definition) is 3. The molecule has 0 spiro atoms. The quantitative estimate of drug-likeness (QED) is 0.769. The van der Waals surface area contributed by atoms with Crippen LogP contribution in [0.1, 0.15) is 23.2 Å². The standard InChI is InChI=1S/C18H21N3O3/c19-15-9-12(11-22)10-16(15)20-18(24)13-4-6-14(7-5-13)21-8-2-1-3-17(21)23/h1-8,12,15-16,22H,9-11,19H2,(H,20,24). The number of benzene rings is 1. The Morgan fingerprint density at radius 3 is 2.58 bits per heavy atom. The van der Waals surface area contributed by atoms with Crippen molar-refractivity contribution in [1.82, 2.24) is 9.88 Å². The molecule has 126 valence electrons. The second-order valence-corrected chi connectivity index (χ2v) is 6.22. The van der Waals surface area contributed by atoms with Gasteiger partial charge in [0.05, 0.1) is 0 Å². The number of aliphatic hydroxyl groups is 1. The smallest absolute Gasteiger partial charge is 0.255 e. The Morgan fingerprint density at radius 2 is 1.96 bits per heavy atom. The predicted molar refractivity (Wildman–Crippen MR) is 91.1 cm³/mol. The molecule has 0 aliphatic heterocycles. The van der Waals surface area contributed by atoms with Crippen LogP contribution in [0.15, 0.2) is 53.5 Å². The van der Waals surface area contributed by atoms with E-state index in [0.717, 1.165) is 6.42 Å². The molecule has 4 N–H and O–H groups in total. The van der Waals surface area contributed by atoms with E-state index < -0.39 is 0 Å². The van der Waals surface area contributed by atoms with Gasteiger partial charge >= 0.3 is 0 Å². The van der Waals surface area contributed by atoms with E-state index in [9.17, 15) is 14.7 Å². The zero-order valence-corrected chi connectivity index (χ0v) is 13.3. The van der Waals surface area contributed by atoms with Gasteiger partial charge in [0.25, 0.3) is 11.5 Å². The average molecular weight is 327 g/mol. The van der Waals surface area contributed by atoms with Gasteiger partial charge in [-0.2, -0.15) is 0 Å². The average Bonchev–Trinajstić information content (AvgIpc) is 2.95. The third-order valence-electron chi connectivity index (χ3n) is 4.51. The van der Waals surface area contributed by atoms with E-state index in [1.165, 1.54) is 10.6 Å². The van der Waals surface area contributed by atoms with E-state index in [0.29, 0.717) is 17.7 Å². The van der Waals surface area contributed by atoms with Gasteiger partial charge in [-0.3, -0.25) is 14.2 Å². The first kappa shape index (κ1) is 16.4. The summed E-state index contributed by atoms with van der Waals surface area (Å²) in [7, 11) is 0. The number of nitrogens with zero attached hydrogens (tertiary/aromatic N) is 1. The molecule has 6 heteroatoms. The van der Waals surface area contributed by atoms with Crippen molar-refractivity contribution in [2.45, 2.75) is 24.9 Å². The van der Waals surface area contributed by atoms with Gasteiger partial charge in [-0.05, 0) is 49.1 Å². The minimum absolute atomic E-state index is 0.0978. The van der Waals surface area contributed by atoms with Crippen molar-refractivity contribution in [3.05, 3.63) is 64.6 Å². The maximum atomic E-state index is 12.4. The van der Waals surface area contributed by atoms with Crippen LogP contribution in [0.4, 0.5) is 0 Å². The molecule has 24 heavy (non-hydrogen) atoms. The molecular weight excluding hydrogens is 306 g/mol. The van der Waals surface area contributed by atoms with Crippen molar-refractivity contribution in [3.8, 4) is 5.69 Å². The summed E-state index contributed by atoms with van der Waals surface area (Å²) in [5.41, 5.74) is 7.12. The Balaban J connectivity index is 1.71. The number of pyridine rings is 1. The molecule has 1 heterocycles. The van der Waals surface area contributed by atoms with E-state index in [4.69, 9.17) is 5.73 Å². The van der Waals surface area contributed by atoms with Crippen LogP contribution in [0, 0.1) is 5.92 Å². The van der Waals surface area contributed by atoms with Crippen LogP contribution < -0.4 is 16.6 Å². The number of aliphatic hydroxyl groups excluding tert-OH is 1. The van der Waals surface area contributed by atoms with Crippen molar-refractivity contribution in [2.75, 3.05) is 6.61 Å². The number of carbonyl (C=O) groups excluding carboxylic acids is 1. The second-order valence-electron chi connectivity index (χ2n) is 6.22. The van der Waals surface area contributed by atoms with E-state index >= 15 is 0 Å². The molecule has 0 bridgehead atoms. The summed E-state index contributed by atoms with van der Waals surface area (Å²) in [6.45, 7) is 0.0978. The number of hydrogen-bond acceptors (Lipinski definition) is 4. The number of nitrogens with one attached hydrogen (secondary N) is 1. The zero-order valence-electron chi connectivity index (χ0n) is 13.3. The van der Waals surface area contributed by atoms with Gasteiger partial charge in [-0.1, -0.05) is 6.07 Å². The number of amides is 1. The molecule has 0 saturated heterocycles. The SMILES string of the molecule is NC1CC(CO)CC1NC(=O)c1ccc(-n2ccccc2=O)cc1. The lowest BCUT2D eigenvalue weighted by atomic mass is 10.1. The van der Waals surface area contributed by atoms with Crippen molar-refractivity contribution in [2.24, 2.45) is 11.7 Å². The Kier molecular flexibility index (Phi) is 4.78. The molecule has 1 aromatic heterocycles. The maximum absolute atomic E-state index is 12.4. The predicted octanol–water partition coefficient (Wildman–Crippen LogP) is 0.665. The molecule has 1 aliphatic carbocycles. The molecule has 1 fully saturated rings. The molecule has 3 rings (SSSR count). The normalized spacial score (nSPS) is 23.2. The maximum Gasteiger partial charge on any atom is 0.255 e. The summed E-state index contributed by atoms with van der Waals surface area (Å²) < 4.78 is 1.51. The highest BCUT2D eigenvalue weighted by atomic mass is 16.3. The van der Waals surface area contributed by atoms with Crippen LogP contribution in [0.2, 0.25) is 0 Å². The van der Waals surface area contributed by atoms with Gasteiger partial charge < -0.3 is 16.2 Å². The van der Waals surface area contributed by atoms with Gasteiger partial charge in [0.15, 0.2) is 0 Å². The monoisotopic (exact) mass is 327 g/mol. The van der Waals surface area contributed by atoms with Crippen LogP contribution in [0.3, 0.4) is 0 Å². The van der Waals surface area contributed by atoms with Gasteiger partial charge in [-0.15, -0.1) is 0 Å². The van der Waals surface area contributed by atoms with Crippen molar-refractivity contribution in [1.29, 1.82) is 0 Å². The summed E-state index contributed by atoms with van der Waals surface area (Å²) >= 11 is 0. The van der Waals surface area contributed by atoms with E-state index in [1.54, 1.807) is 42.6 Å². The van der Waals surface area contributed by atoms with Gasteiger partial charge in [-0.25, -0.2) is 0 Å². The van der Waals surface area contributed by atoms with Crippen LogP contribution in [-0.2, 0) is 0 Å². The minimum Gasteiger partial charge on any atom is -0.396 e. The van der Waals surface area contributed by atoms with Gasteiger partial charge in [0.1, 0.15) is 0 Å². The summed E-state index contributed by atoms with van der Waals surface area (Å²) in [5.74, 6) is -0.0429. The Bertz CT molecular complexity index is 770. The Morgan fingerprint density at radius 1 is 1.21 bits per heavy atom. The molecule has 1 amide bonds. The van der Waals surface area contributed by atoms with E-state index in [2.05, 4.69) is 5.32 Å². The molecule has 3 unspecified atom stereocenters.